The largest absolute Gasteiger partial charge is 0.392 e. The van der Waals surface area contributed by atoms with Gasteiger partial charge in [0.1, 0.15) is 0 Å². The van der Waals surface area contributed by atoms with Crippen molar-refractivity contribution < 1.29 is 4.79 Å². The Morgan fingerprint density at radius 3 is 2.47 bits per heavy atom. The first-order valence-corrected chi connectivity index (χ1v) is 6.41. The minimum Gasteiger partial charge on any atom is -0.392 e. The van der Waals surface area contributed by atoms with Gasteiger partial charge in [0.15, 0.2) is 0 Å². The highest BCUT2D eigenvalue weighted by molar-refractivity contribution is 9.10. The van der Waals surface area contributed by atoms with Gasteiger partial charge in [-0.3, -0.25) is 4.79 Å². The van der Waals surface area contributed by atoms with Crippen molar-refractivity contribution in [2.24, 2.45) is 5.73 Å². The monoisotopic (exact) mass is 314 g/mol. The molecule has 0 bridgehead atoms. The van der Waals surface area contributed by atoms with E-state index in [0.29, 0.717) is 11.4 Å². The van der Waals surface area contributed by atoms with Gasteiger partial charge in [-0.1, -0.05) is 40.3 Å². The molecule has 5 heteroatoms. The maximum atomic E-state index is 11.9. The van der Waals surface area contributed by atoms with Gasteiger partial charge in [-0.15, -0.1) is 0 Å². The van der Waals surface area contributed by atoms with Gasteiger partial charge in [-0.2, -0.15) is 0 Å². The lowest BCUT2D eigenvalue weighted by Gasteiger charge is -2.23. The lowest BCUT2D eigenvalue weighted by Crippen LogP contribution is -2.43. The van der Waals surface area contributed by atoms with Gasteiger partial charge in [0.25, 0.3) is 0 Å². The van der Waals surface area contributed by atoms with Crippen LogP contribution in [0.25, 0.3) is 0 Å². The molecule has 0 aliphatic rings. The quantitative estimate of drug-likeness (QED) is 0.866. The van der Waals surface area contributed by atoms with Crippen LogP contribution in [0, 0.1) is 0 Å². The molecule has 1 amide bonds. The number of benzene rings is 1. The summed E-state index contributed by atoms with van der Waals surface area (Å²) in [5, 5.41) is 0. The minimum absolute atomic E-state index is 0.00706. The van der Waals surface area contributed by atoms with Gasteiger partial charge >= 0.3 is 0 Å². The number of hydrogen-bond acceptors (Lipinski definition) is 2. The van der Waals surface area contributed by atoms with Crippen molar-refractivity contribution in [2.45, 2.75) is 19.4 Å². The SMILES string of the molecule is CC(C(N)=S)N(C)C(=O)Cc1ccc(Br)cc1. The van der Waals surface area contributed by atoms with Crippen LogP contribution in [0.1, 0.15) is 12.5 Å². The Morgan fingerprint density at radius 1 is 1.47 bits per heavy atom. The number of halogens is 1. The molecular formula is C12H15BrN2OS. The predicted octanol–water partition coefficient (Wildman–Crippen LogP) is 2.12. The zero-order chi connectivity index (χ0) is 13.0. The van der Waals surface area contributed by atoms with E-state index in [2.05, 4.69) is 15.9 Å². The molecule has 0 aliphatic heterocycles. The summed E-state index contributed by atoms with van der Waals surface area (Å²) in [5.41, 5.74) is 6.49. The Balaban J connectivity index is 2.66. The van der Waals surface area contributed by atoms with Crippen LogP contribution >= 0.6 is 28.1 Å². The van der Waals surface area contributed by atoms with E-state index in [4.69, 9.17) is 18.0 Å². The molecule has 1 aromatic carbocycles. The number of thiocarbonyl (C=S) groups is 1. The third-order valence-electron chi connectivity index (χ3n) is 2.65. The summed E-state index contributed by atoms with van der Waals surface area (Å²) in [6, 6.07) is 7.45. The molecule has 1 atom stereocenters. The normalized spacial score (nSPS) is 11.9. The molecule has 0 spiro atoms. The number of nitrogens with zero attached hydrogens (tertiary/aromatic N) is 1. The first-order chi connectivity index (χ1) is 7.91. The highest BCUT2D eigenvalue weighted by Gasteiger charge is 2.17. The number of amides is 1. The number of likely N-dealkylation sites (N-methyl/N-ethyl adjacent to an activating group) is 1. The zero-order valence-corrected chi connectivity index (χ0v) is 12.2. The van der Waals surface area contributed by atoms with Crippen LogP contribution in [0.4, 0.5) is 0 Å². The van der Waals surface area contributed by atoms with Crippen LogP contribution in [0.5, 0.6) is 0 Å². The topological polar surface area (TPSA) is 46.3 Å². The second kappa shape index (κ2) is 6.12. The summed E-state index contributed by atoms with van der Waals surface area (Å²) in [4.78, 5) is 13.8. The van der Waals surface area contributed by atoms with Crippen molar-refractivity contribution in [1.82, 2.24) is 4.90 Å². The lowest BCUT2D eigenvalue weighted by molar-refractivity contribution is -0.129. The van der Waals surface area contributed by atoms with Crippen LogP contribution in [-0.2, 0) is 11.2 Å². The molecule has 2 N–H and O–H groups in total. The molecule has 0 aromatic heterocycles. The van der Waals surface area contributed by atoms with Crippen molar-refractivity contribution in [1.29, 1.82) is 0 Å². The minimum atomic E-state index is -0.215. The number of rotatable bonds is 4. The molecule has 0 heterocycles. The molecular weight excluding hydrogens is 300 g/mol. The highest BCUT2D eigenvalue weighted by atomic mass is 79.9. The van der Waals surface area contributed by atoms with E-state index in [-0.39, 0.29) is 11.9 Å². The highest BCUT2D eigenvalue weighted by Crippen LogP contribution is 2.12. The second-order valence-corrected chi connectivity index (χ2v) is 5.27. The summed E-state index contributed by atoms with van der Waals surface area (Å²) >= 11 is 8.23. The first-order valence-electron chi connectivity index (χ1n) is 5.21. The van der Waals surface area contributed by atoms with E-state index in [9.17, 15) is 4.79 Å². The molecule has 0 saturated carbocycles. The lowest BCUT2D eigenvalue weighted by atomic mass is 10.1. The predicted molar refractivity (Wildman–Crippen MR) is 76.9 cm³/mol. The van der Waals surface area contributed by atoms with Crippen molar-refractivity contribution in [3.63, 3.8) is 0 Å². The van der Waals surface area contributed by atoms with Crippen LogP contribution < -0.4 is 5.73 Å². The Bertz CT molecular complexity index is 419. The average Bonchev–Trinajstić information content (AvgIpc) is 2.30. The van der Waals surface area contributed by atoms with Crippen LogP contribution in [-0.4, -0.2) is 28.9 Å². The summed E-state index contributed by atoms with van der Waals surface area (Å²) in [7, 11) is 1.71. The summed E-state index contributed by atoms with van der Waals surface area (Å²) in [5.74, 6) is 0.00706. The molecule has 0 fully saturated rings. The fraction of sp³-hybridized carbons (Fsp3) is 0.333. The number of hydrogen-bond donors (Lipinski definition) is 1. The molecule has 3 nitrogen and oxygen atoms in total. The summed E-state index contributed by atoms with van der Waals surface area (Å²) < 4.78 is 0.999. The molecule has 1 unspecified atom stereocenters. The van der Waals surface area contributed by atoms with Gasteiger partial charge in [-0.05, 0) is 24.6 Å². The third-order valence-corrected chi connectivity index (χ3v) is 3.52. The Hall–Kier alpha value is -0.940. The fourth-order valence-electron chi connectivity index (χ4n) is 1.31. The molecule has 1 aromatic rings. The van der Waals surface area contributed by atoms with E-state index in [1.807, 2.05) is 31.2 Å². The Kier molecular flexibility index (Phi) is 5.08. The van der Waals surface area contributed by atoms with Crippen molar-refractivity contribution in [3.8, 4) is 0 Å². The van der Waals surface area contributed by atoms with Crippen LogP contribution in [0.3, 0.4) is 0 Å². The fourth-order valence-corrected chi connectivity index (χ4v) is 1.73. The maximum absolute atomic E-state index is 11.9. The van der Waals surface area contributed by atoms with Crippen molar-refractivity contribution in [2.75, 3.05) is 7.05 Å². The smallest absolute Gasteiger partial charge is 0.227 e. The molecule has 92 valence electrons. The van der Waals surface area contributed by atoms with Crippen molar-refractivity contribution >= 4 is 39.0 Å². The van der Waals surface area contributed by atoms with E-state index >= 15 is 0 Å². The van der Waals surface area contributed by atoms with Gasteiger partial charge in [0.05, 0.1) is 17.5 Å². The average molecular weight is 315 g/mol. The number of carbonyl (C=O) groups excluding carboxylic acids is 1. The standard InChI is InChI=1S/C12H15BrN2OS/c1-8(12(14)17)15(2)11(16)7-9-3-5-10(13)6-4-9/h3-6,8H,7H2,1-2H3,(H2,14,17). The summed E-state index contributed by atoms with van der Waals surface area (Å²) in [6.07, 6.45) is 0.358. The first kappa shape index (κ1) is 14.1. The molecule has 0 radical (unpaired) electrons. The second-order valence-electron chi connectivity index (χ2n) is 3.89. The van der Waals surface area contributed by atoms with Crippen LogP contribution in [0.2, 0.25) is 0 Å². The van der Waals surface area contributed by atoms with Gasteiger partial charge in [0.2, 0.25) is 5.91 Å². The number of carbonyl (C=O) groups is 1. The molecule has 0 saturated heterocycles. The molecule has 1 rings (SSSR count). The van der Waals surface area contributed by atoms with E-state index < -0.39 is 0 Å². The van der Waals surface area contributed by atoms with Crippen molar-refractivity contribution in [3.05, 3.63) is 34.3 Å². The zero-order valence-electron chi connectivity index (χ0n) is 9.81. The van der Waals surface area contributed by atoms with E-state index in [0.717, 1.165) is 10.0 Å². The third kappa shape index (κ3) is 4.09. The molecule has 0 aliphatic carbocycles. The van der Waals surface area contributed by atoms with Gasteiger partial charge in [0, 0.05) is 11.5 Å². The van der Waals surface area contributed by atoms with Gasteiger partial charge < -0.3 is 10.6 Å². The Morgan fingerprint density at radius 2 is 2.00 bits per heavy atom. The van der Waals surface area contributed by atoms with E-state index in [1.54, 1.807) is 11.9 Å². The van der Waals surface area contributed by atoms with Gasteiger partial charge in [-0.25, -0.2) is 0 Å². The Labute approximate surface area is 115 Å². The maximum Gasteiger partial charge on any atom is 0.227 e. The van der Waals surface area contributed by atoms with E-state index in [1.165, 1.54) is 0 Å². The number of nitrogens with two attached hydrogens (primary N) is 1. The van der Waals surface area contributed by atoms with Crippen LogP contribution in [0.15, 0.2) is 28.7 Å². The summed E-state index contributed by atoms with van der Waals surface area (Å²) in [6.45, 7) is 1.82. The molecule has 17 heavy (non-hydrogen) atoms.